The van der Waals surface area contributed by atoms with Gasteiger partial charge in [0.05, 0.1) is 6.61 Å². The Balaban J connectivity index is 1.63. The van der Waals surface area contributed by atoms with Crippen molar-refractivity contribution in [3.8, 4) is 11.5 Å². The Morgan fingerprint density at radius 2 is 1.53 bits per heavy atom. The summed E-state index contributed by atoms with van der Waals surface area (Å²) >= 11 is 0. The summed E-state index contributed by atoms with van der Waals surface area (Å²) in [6, 6.07) is 26.0. The highest BCUT2D eigenvalue weighted by Crippen LogP contribution is 2.35. The molecule has 0 bridgehead atoms. The van der Waals surface area contributed by atoms with Crippen LogP contribution in [0.1, 0.15) is 43.9 Å². The van der Waals surface area contributed by atoms with E-state index >= 15 is 0 Å². The minimum Gasteiger partial charge on any atom is -0.508 e. The highest BCUT2D eigenvalue weighted by atomic mass is 16.7. The molecule has 166 valence electrons. The van der Waals surface area contributed by atoms with Gasteiger partial charge in [0, 0.05) is 0 Å². The lowest BCUT2D eigenvalue weighted by atomic mass is 9.88. The molecule has 0 aliphatic carbocycles. The van der Waals surface area contributed by atoms with Crippen LogP contribution < -0.4 is 4.74 Å². The molecule has 1 N–H and O–H groups in total. The number of benzene rings is 3. The number of phenolic OH excluding ortho intramolecular Hbond substituents is 1. The Kier molecular flexibility index (Phi) is 6.63. The van der Waals surface area contributed by atoms with Crippen LogP contribution in [-0.4, -0.2) is 30.2 Å². The maximum atomic E-state index is 9.79. The lowest BCUT2D eigenvalue weighted by molar-refractivity contribution is -0.141. The SMILES string of the molecule is CC/C(=C(/c1ccc(O)cc1)c1ccc(OCC2COC(C)(C)O2)cc1)c1ccccc1. The third kappa shape index (κ3) is 5.21. The monoisotopic (exact) mass is 430 g/mol. The molecular weight excluding hydrogens is 400 g/mol. The summed E-state index contributed by atoms with van der Waals surface area (Å²) in [5, 5.41) is 9.79. The Bertz CT molecular complexity index is 1050. The number of rotatable bonds is 7. The van der Waals surface area contributed by atoms with Crippen LogP contribution in [0.15, 0.2) is 78.9 Å². The lowest BCUT2D eigenvalue weighted by Gasteiger charge is -2.18. The number of hydrogen-bond donors (Lipinski definition) is 1. The smallest absolute Gasteiger partial charge is 0.163 e. The average Bonchev–Trinajstić information content (AvgIpc) is 3.16. The van der Waals surface area contributed by atoms with Gasteiger partial charge in [-0.3, -0.25) is 0 Å². The van der Waals surface area contributed by atoms with E-state index in [1.54, 1.807) is 12.1 Å². The predicted octanol–water partition coefficient (Wildman–Crippen LogP) is 6.29. The highest BCUT2D eigenvalue weighted by molar-refractivity contribution is 5.98. The van der Waals surface area contributed by atoms with Crippen LogP contribution in [0.5, 0.6) is 11.5 Å². The standard InChI is InChI=1S/C28H30O4/c1-4-26(20-8-6-5-7-9-20)27(21-10-14-23(29)15-11-21)22-12-16-24(17-13-22)30-18-25-19-31-28(2,3)32-25/h5-17,25,29H,4,18-19H2,1-3H3/b27-26+. The van der Waals surface area contributed by atoms with Crippen LogP contribution in [-0.2, 0) is 9.47 Å². The van der Waals surface area contributed by atoms with Gasteiger partial charge in [-0.05, 0) is 72.4 Å². The van der Waals surface area contributed by atoms with Crippen LogP contribution in [0.2, 0.25) is 0 Å². The molecule has 0 amide bonds. The molecule has 4 nitrogen and oxygen atoms in total. The third-order valence-electron chi connectivity index (χ3n) is 5.58. The molecule has 4 rings (SSSR count). The summed E-state index contributed by atoms with van der Waals surface area (Å²) in [7, 11) is 0. The van der Waals surface area contributed by atoms with Crippen molar-refractivity contribution in [2.75, 3.05) is 13.2 Å². The Morgan fingerprint density at radius 1 is 0.906 bits per heavy atom. The maximum absolute atomic E-state index is 9.79. The Labute approximate surface area is 190 Å². The van der Waals surface area contributed by atoms with E-state index in [0.717, 1.165) is 28.9 Å². The van der Waals surface area contributed by atoms with E-state index in [1.807, 2.05) is 44.2 Å². The molecule has 0 radical (unpaired) electrons. The fourth-order valence-electron chi connectivity index (χ4n) is 4.06. The first kappa shape index (κ1) is 22.1. The van der Waals surface area contributed by atoms with Gasteiger partial charge in [0.25, 0.3) is 0 Å². The molecule has 0 spiro atoms. The second-order valence-corrected chi connectivity index (χ2v) is 8.41. The fourth-order valence-corrected chi connectivity index (χ4v) is 4.06. The number of allylic oxidation sites excluding steroid dienone is 1. The molecular formula is C28H30O4. The van der Waals surface area contributed by atoms with Gasteiger partial charge in [0.1, 0.15) is 24.2 Å². The number of aromatic hydroxyl groups is 1. The summed E-state index contributed by atoms with van der Waals surface area (Å²) in [5.74, 6) is 0.510. The van der Waals surface area contributed by atoms with Gasteiger partial charge in [-0.25, -0.2) is 0 Å². The fraction of sp³-hybridized carbons (Fsp3) is 0.286. The summed E-state index contributed by atoms with van der Waals surface area (Å²) in [5.41, 5.74) is 5.77. The summed E-state index contributed by atoms with van der Waals surface area (Å²) in [4.78, 5) is 0. The van der Waals surface area contributed by atoms with E-state index in [-0.39, 0.29) is 11.9 Å². The molecule has 1 saturated heterocycles. The molecule has 1 unspecified atom stereocenters. The van der Waals surface area contributed by atoms with Crippen LogP contribution in [0.4, 0.5) is 0 Å². The average molecular weight is 431 g/mol. The molecule has 1 heterocycles. The number of phenols is 1. The van der Waals surface area contributed by atoms with Crippen LogP contribution in [0.25, 0.3) is 11.1 Å². The molecule has 0 aromatic heterocycles. The van der Waals surface area contributed by atoms with Crippen molar-refractivity contribution in [2.24, 2.45) is 0 Å². The van der Waals surface area contributed by atoms with Crippen LogP contribution in [0, 0.1) is 0 Å². The van der Waals surface area contributed by atoms with Crippen molar-refractivity contribution in [1.29, 1.82) is 0 Å². The Morgan fingerprint density at radius 3 is 2.09 bits per heavy atom. The zero-order valence-corrected chi connectivity index (χ0v) is 18.9. The first-order chi connectivity index (χ1) is 15.4. The number of hydrogen-bond acceptors (Lipinski definition) is 4. The minimum atomic E-state index is -0.546. The number of ether oxygens (including phenoxy) is 3. The zero-order chi connectivity index (χ0) is 22.6. The van der Waals surface area contributed by atoms with Crippen molar-refractivity contribution in [3.63, 3.8) is 0 Å². The predicted molar refractivity (Wildman–Crippen MR) is 128 cm³/mol. The van der Waals surface area contributed by atoms with Crippen LogP contribution in [0.3, 0.4) is 0 Å². The van der Waals surface area contributed by atoms with Gasteiger partial charge >= 0.3 is 0 Å². The zero-order valence-electron chi connectivity index (χ0n) is 18.9. The summed E-state index contributed by atoms with van der Waals surface area (Å²) in [6.45, 7) is 6.99. The highest BCUT2D eigenvalue weighted by Gasteiger charge is 2.32. The van der Waals surface area contributed by atoms with Crippen molar-refractivity contribution in [2.45, 2.75) is 39.1 Å². The van der Waals surface area contributed by atoms with Gasteiger partial charge in [-0.15, -0.1) is 0 Å². The van der Waals surface area contributed by atoms with Gasteiger partial charge in [0.15, 0.2) is 5.79 Å². The second-order valence-electron chi connectivity index (χ2n) is 8.41. The summed E-state index contributed by atoms with van der Waals surface area (Å²) in [6.07, 6.45) is 0.815. The van der Waals surface area contributed by atoms with E-state index < -0.39 is 5.79 Å². The van der Waals surface area contributed by atoms with Gasteiger partial charge in [0.2, 0.25) is 0 Å². The summed E-state index contributed by atoms with van der Waals surface area (Å²) < 4.78 is 17.4. The van der Waals surface area contributed by atoms with Crippen molar-refractivity contribution in [3.05, 3.63) is 95.6 Å². The third-order valence-corrected chi connectivity index (χ3v) is 5.58. The van der Waals surface area contributed by atoms with E-state index in [2.05, 4.69) is 43.3 Å². The van der Waals surface area contributed by atoms with Crippen molar-refractivity contribution < 1.29 is 19.3 Å². The van der Waals surface area contributed by atoms with E-state index in [0.29, 0.717) is 13.2 Å². The first-order valence-electron chi connectivity index (χ1n) is 11.1. The second kappa shape index (κ2) is 9.60. The van der Waals surface area contributed by atoms with E-state index in [9.17, 15) is 5.11 Å². The molecule has 32 heavy (non-hydrogen) atoms. The largest absolute Gasteiger partial charge is 0.508 e. The normalized spacial score (nSPS) is 18.3. The quantitative estimate of drug-likeness (QED) is 0.448. The first-order valence-corrected chi connectivity index (χ1v) is 11.1. The molecule has 1 atom stereocenters. The minimum absolute atomic E-state index is 0.0677. The van der Waals surface area contributed by atoms with E-state index in [1.165, 1.54) is 11.1 Å². The van der Waals surface area contributed by atoms with Crippen LogP contribution >= 0.6 is 0 Å². The molecule has 0 saturated carbocycles. The van der Waals surface area contributed by atoms with Gasteiger partial charge < -0.3 is 19.3 Å². The lowest BCUT2D eigenvalue weighted by Crippen LogP contribution is -2.25. The van der Waals surface area contributed by atoms with Crippen molar-refractivity contribution in [1.82, 2.24) is 0 Å². The molecule has 1 aliphatic heterocycles. The molecule has 1 fully saturated rings. The molecule has 1 aliphatic rings. The molecule has 4 heteroatoms. The maximum Gasteiger partial charge on any atom is 0.163 e. The molecule has 3 aromatic rings. The van der Waals surface area contributed by atoms with Gasteiger partial charge in [-0.2, -0.15) is 0 Å². The van der Waals surface area contributed by atoms with Crippen molar-refractivity contribution >= 4 is 11.1 Å². The Hall–Kier alpha value is -3.08. The van der Waals surface area contributed by atoms with Gasteiger partial charge in [-0.1, -0.05) is 61.5 Å². The molecule has 3 aromatic carbocycles. The topological polar surface area (TPSA) is 47.9 Å². The van der Waals surface area contributed by atoms with E-state index in [4.69, 9.17) is 14.2 Å².